The first kappa shape index (κ1) is 28.3. The maximum Gasteiger partial charge on any atom is 0.416 e. The van der Waals surface area contributed by atoms with Crippen LogP contribution in [0.3, 0.4) is 0 Å². The molecular formula is C22H33F3N4O2. The highest BCUT2D eigenvalue weighted by atomic mass is 19.4. The average Bonchev–Trinajstić information content (AvgIpc) is 3.07. The summed E-state index contributed by atoms with van der Waals surface area (Å²) in [6.07, 6.45) is -5.52. The van der Waals surface area contributed by atoms with E-state index in [-0.39, 0.29) is 12.1 Å². The average molecular weight is 443 g/mol. The van der Waals surface area contributed by atoms with Crippen LogP contribution in [0.5, 0.6) is 0 Å². The van der Waals surface area contributed by atoms with Crippen molar-refractivity contribution < 1.29 is 18.3 Å². The molecule has 3 aromatic rings. The quantitative estimate of drug-likeness (QED) is 0.556. The normalized spacial score (nSPS) is 11.4. The van der Waals surface area contributed by atoms with Crippen molar-refractivity contribution in [3.63, 3.8) is 0 Å². The van der Waals surface area contributed by atoms with Crippen LogP contribution in [-0.4, -0.2) is 24.9 Å². The van der Waals surface area contributed by atoms with E-state index >= 15 is 0 Å². The van der Waals surface area contributed by atoms with Crippen molar-refractivity contribution in [3.05, 3.63) is 57.3 Å². The summed E-state index contributed by atoms with van der Waals surface area (Å²) in [5.74, 6) is 0.405. The molecule has 0 fully saturated rings. The van der Waals surface area contributed by atoms with Crippen LogP contribution < -0.4 is 5.56 Å². The number of halogens is 3. The third kappa shape index (κ3) is 7.20. The third-order valence-electron chi connectivity index (χ3n) is 3.86. The van der Waals surface area contributed by atoms with Gasteiger partial charge in [0.15, 0.2) is 5.65 Å². The van der Waals surface area contributed by atoms with Crippen LogP contribution in [-0.2, 0) is 12.7 Å². The van der Waals surface area contributed by atoms with Crippen LogP contribution in [0.15, 0.2) is 29.1 Å². The van der Waals surface area contributed by atoms with Gasteiger partial charge in [-0.25, -0.2) is 9.67 Å². The van der Waals surface area contributed by atoms with E-state index in [1.807, 2.05) is 41.5 Å². The number of aliphatic hydroxyl groups excluding tert-OH is 1. The summed E-state index contributed by atoms with van der Waals surface area (Å²) in [6.45, 7) is 15.2. The van der Waals surface area contributed by atoms with Gasteiger partial charge < -0.3 is 10.1 Å². The second-order valence-corrected chi connectivity index (χ2v) is 5.75. The highest BCUT2D eigenvalue weighted by Crippen LogP contribution is 2.30. The summed E-state index contributed by atoms with van der Waals surface area (Å²) in [5, 5.41) is 14.9. The molecule has 6 nitrogen and oxygen atoms in total. The molecule has 0 bridgehead atoms. The van der Waals surface area contributed by atoms with Gasteiger partial charge in [-0.2, -0.15) is 18.3 Å². The predicted molar refractivity (Wildman–Crippen MR) is 118 cm³/mol. The van der Waals surface area contributed by atoms with E-state index in [1.54, 1.807) is 13.8 Å². The predicted octanol–water partition coefficient (Wildman–Crippen LogP) is 5.57. The summed E-state index contributed by atoms with van der Waals surface area (Å²) in [5.41, 5.74) is -0.00752. The molecule has 174 valence electrons. The van der Waals surface area contributed by atoms with Crippen LogP contribution in [0.4, 0.5) is 13.2 Å². The monoisotopic (exact) mass is 442 g/mol. The Balaban J connectivity index is 0.00000138. The Morgan fingerprint density at radius 1 is 1.03 bits per heavy atom. The first-order valence-corrected chi connectivity index (χ1v) is 10.5. The Morgan fingerprint density at radius 2 is 1.55 bits per heavy atom. The number of nitrogens with one attached hydrogen (secondary N) is 1. The number of hydrogen-bond donors (Lipinski definition) is 2. The fourth-order valence-corrected chi connectivity index (χ4v) is 2.65. The lowest BCUT2D eigenvalue weighted by atomic mass is 10.1. The minimum absolute atomic E-state index is 0.0361. The number of benzene rings is 1. The van der Waals surface area contributed by atoms with E-state index in [0.717, 1.165) is 12.1 Å². The Hall–Kier alpha value is -2.68. The summed E-state index contributed by atoms with van der Waals surface area (Å²) < 4.78 is 39.2. The molecule has 31 heavy (non-hydrogen) atoms. The van der Waals surface area contributed by atoms with Crippen molar-refractivity contribution >= 4 is 11.0 Å². The molecule has 3 rings (SSSR count). The molecule has 2 aromatic heterocycles. The number of nitrogens with zero attached hydrogens (tertiary/aromatic N) is 3. The SMILES string of the molecule is CC.CC.CC.Cc1nc2c(c(C)nn2CC(O)c2ccc(C(F)(F)F)cc2)c(=O)[nH]1. The van der Waals surface area contributed by atoms with Crippen molar-refractivity contribution in [3.8, 4) is 0 Å². The summed E-state index contributed by atoms with van der Waals surface area (Å²) in [4.78, 5) is 18.8. The standard InChI is InChI=1S/C16H15F3N4O2.3C2H6/c1-8-13-14(20-9(2)21-15(13)25)23(22-8)7-12(24)10-3-5-11(6-4-10)16(17,18)19;3*1-2/h3-6,12,24H,7H2,1-2H3,(H,20,21,25);3*1-2H3. The first-order chi connectivity index (χ1) is 14.7. The maximum atomic E-state index is 12.6. The molecule has 0 amide bonds. The van der Waals surface area contributed by atoms with Crippen LogP contribution >= 0.6 is 0 Å². The molecule has 1 atom stereocenters. The van der Waals surface area contributed by atoms with E-state index in [2.05, 4.69) is 15.1 Å². The number of aromatic amines is 1. The van der Waals surface area contributed by atoms with E-state index in [0.29, 0.717) is 28.1 Å². The number of rotatable bonds is 3. The van der Waals surface area contributed by atoms with Crippen molar-refractivity contribution in [2.45, 2.75) is 74.2 Å². The van der Waals surface area contributed by atoms with Gasteiger partial charge in [0.2, 0.25) is 0 Å². The Kier molecular flexibility index (Phi) is 11.8. The number of hydrogen-bond acceptors (Lipinski definition) is 4. The van der Waals surface area contributed by atoms with Gasteiger partial charge in [0.05, 0.1) is 23.9 Å². The zero-order chi connectivity index (χ0) is 24.4. The van der Waals surface area contributed by atoms with Gasteiger partial charge in [0.25, 0.3) is 5.56 Å². The lowest BCUT2D eigenvalue weighted by molar-refractivity contribution is -0.137. The first-order valence-electron chi connectivity index (χ1n) is 10.5. The Morgan fingerprint density at radius 3 is 2.03 bits per heavy atom. The number of aliphatic hydroxyl groups is 1. The van der Waals surface area contributed by atoms with Gasteiger partial charge in [-0.15, -0.1) is 0 Å². The van der Waals surface area contributed by atoms with E-state index in [9.17, 15) is 23.1 Å². The molecule has 0 radical (unpaired) electrons. The number of alkyl halides is 3. The van der Waals surface area contributed by atoms with Gasteiger partial charge in [-0.1, -0.05) is 53.7 Å². The molecule has 0 aliphatic rings. The fraction of sp³-hybridized carbons (Fsp3) is 0.500. The molecule has 0 aliphatic carbocycles. The Bertz CT molecular complexity index is 977. The minimum atomic E-state index is -4.43. The zero-order valence-corrected chi connectivity index (χ0v) is 19.4. The van der Waals surface area contributed by atoms with Gasteiger partial charge >= 0.3 is 6.18 Å². The highest BCUT2D eigenvalue weighted by Gasteiger charge is 2.30. The number of fused-ring (bicyclic) bond motifs is 1. The molecule has 2 heterocycles. The molecule has 0 saturated carbocycles. The lowest BCUT2D eigenvalue weighted by Gasteiger charge is -2.13. The third-order valence-corrected chi connectivity index (χ3v) is 3.86. The smallest absolute Gasteiger partial charge is 0.386 e. The number of aryl methyl sites for hydroxylation is 2. The molecule has 1 unspecified atom stereocenters. The lowest BCUT2D eigenvalue weighted by Crippen LogP contribution is -2.14. The molecule has 2 N–H and O–H groups in total. The summed E-state index contributed by atoms with van der Waals surface area (Å²) in [7, 11) is 0. The zero-order valence-electron chi connectivity index (χ0n) is 19.4. The fourth-order valence-electron chi connectivity index (χ4n) is 2.65. The number of H-pyrrole nitrogens is 1. The molecule has 9 heteroatoms. The van der Waals surface area contributed by atoms with Gasteiger partial charge in [0, 0.05) is 0 Å². The second-order valence-electron chi connectivity index (χ2n) is 5.75. The maximum absolute atomic E-state index is 12.6. The topological polar surface area (TPSA) is 83.8 Å². The van der Waals surface area contributed by atoms with Crippen molar-refractivity contribution in [1.29, 1.82) is 0 Å². The molecular weight excluding hydrogens is 409 g/mol. The summed E-state index contributed by atoms with van der Waals surface area (Å²) >= 11 is 0. The van der Waals surface area contributed by atoms with Gasteiger partial charge in [-0.05, 0) is 31.5 Å². The molecule has 1 aromatic carbocycles. The molecule has 0 saturated heterocycles. The van der Waals surface area contributed by atoms with E-state index in [1.165, 1.54) is 16.8 Å². The number of aromatic nitrogens is 4. The minimum Gasteiger partial charge on any atom is -0.386 e. The van der Waals surface area contributed by atoms with Crippen molar-refractivity contribution in [2.75, 3.05) is 0 Å². The van der Waals surface area contributed by atoms with Crippen molar-refractivity contribution in [1.82, 2.24) is 19.7 Å². The summed E-state index contributed by atoms with van der Waals surface area (Å²) in [6, 6.07) is 4.27. The Labute approximate surface area is 181 Å². The highest BCUT2D eigenvalue weighted by molar-refractivity contribution is 5.76. The second kappa shape index (κ2) is 12.9. The van der Waals surface area contributed by atoms with E-state index < -0.39 is 17.8 Å². The van der Waals surface area contributed by atoms with Crippen LogP contribution in [0.1, 0.15) is 70.3 Å². The van der Waals surface area contributed by atoms with Crippen LogP contribution in [0.25, 0.3) is 11.0 Å². The van der Waals surface area contributed by atoms with Crippen LogP contribution in [0.2, 0.25) is 0 Å². The largest absolute Gasteiger partial charge is 0.416 e. The van der Waals surface area contributed by atoms with E-state index in [4.69, 9.17) is 0 Å². The van der Waals surface area contributed by atoms with Crippen LogP contribution in [0, 0.1) is 13.8 Å². The van der Waals surface area contributed by atoms with Gasteiger partial charge in [-0.3, -0.25) is 4.79 Å². The molecule has 0 aliphatic heterocycles. The van der Waals surface area contributed by atoms with Gasteiger partial charge in [0.1, 0.15) is 11.2 Å². The molecule has 0 spiro atoms. The van der Waals surface area contributed by atoms with Crippen molar-refractivity contribution in [2.24, 2.45) is 0 Å².